The maximum absolute atomic E-state index is 12.4. The lowest BCUT2D eigenvalue weighted by molar-refractivity contribution is -0.671. The van der Waals surface area contributed by atoms with Crippen molar-refractivity contribution in [1.82, 2.24) is 9.88 Å². The minimum Gasteiger partial charge on any atom is -0.467 e. The maximum atomic E-state index is 12.4. The first-order chi connectivity index (χ1) is 13.7. The number of pyridine rings is 1. The molecule has 3 heterocycles. The molecule has 1 aromatic carbocycles. The number of fused-ring (bicyclic) bond motifs is 1. The number of aryl methyl sites for hydroxylation is 1. The molecule has 3 aromatic heterocycles. The van der Waals surface area contributed by atoms with Gasteiger partial charge in [-0.3, -0.25) is 4.79 Å². The maximum Gasteiger partial charge on any atom is 0.240 e. The van der Waals surface area contributed by atoms with Gasteiger partial charge in [-0.25, -0.2) is 4.57 Å². The van der Waals surface area contributed by atoms with Crippen molar-refractivity contribution in [2.24, 2.45) is 7.05 Å². The molecule has 0 aliphatic carbocycles. The molecule has 1 amide bonds. The third kappa shape index (κ3) is 4.04. The Labute approximate surface area is 163 Å². The highest BCUT2D eigenvalue weighted by atomic mass is 16.3. The van der Waals surface area contributed by atoms with E-state index in [0.29, 0.717) is 6.54 Å². The van der Waals surface area contributed by atoms with E-state index in [0.717, 1.165) is 27.8 Å². The number of para-hydroxylation sites is 1. The predicted molar refractivity (Wildman–Crippen MR) is 109 cm³/mol. The van der Waals surface area contributed by atoms with E-state index in [-0.39, 0.29) is 12.5 Å². The Hall–Kier alpha value is -3.60. The molecule has 0 bridgehead atoms. The Balaban J connectivity index is 1.54. The number of furan rings is 1. The zero-order valence-corrected chi connectivity index (χ0v) is 15.7. The van der Waals surface area contributed by atoms with Crippen LogP contribution in [0.3, 0.4) is 0 Å². The van der Waals surface area contributed by atoms with E-state index in [1.165, 1.54) is 0 Å². The van der Waals surface area contributed by atoms with E-state index in [9.17, 15) is 4.79 Å². The zero-order valence-electron chi connectivity index (χ0n) is 15.7. The normalized spacial score (nSPS) is 11.3. The van der Waals surface area contributed by atoms with Crippen LogP contribution in [0, 0.1) is 0 Å². The molecule has 0 saturated heterocycles. The monoisotopic (exact) mass is 372 g/mol. The van der Waals surface area contributed by atoms with Crippen molar-refractivity contribution in [3.8, 4) is 0 Å². The van der Waals surface area contributed by atoms with Crippen LogP contribution < -0.4 is 9.88 Å². The van der Waals surface area contributed by atoms with Crippen molar-refractivity contribution >= 4 is 29.0 Å². The number of benzene rings is 1. The fourth-order valence-electron chi connectivity index (χ4n) is 3.16. The van der Waals surface area contributed by atoms with Crippen LogP contribution in [0.25, 0.3) is 23.1 Å². The van der Waals surface area contributed by atoms with Crippen LogP contribution in [-0.2, 0) is 24.9 Å². The van der Waals surface area contributed by atoms with Crippen LogP contribution in [0.2, 0.25) is 0 Å². The highest BCUT2D eigenvalue weighted by molar-refractivity contribution is 5.93. The van der Waals surface area contributed by atoms with E-state index >= 15 is 0 Å². The van der Waals surface area contributed by atoms with Crippen molar-refractivity contribution in [1.29, 1.82) is 0 Å². The minimum atomic E-state index is -0.0526. The second-order valence-corrected chi connectivity index (χ2v) is 6.72. The lowest BCUT2D eigenvalue weighted by Gasteiger charge is -2.06. The summed E-state index contributed by atoms with van der Waals surface area (Å²) in [6, 6.07) is 15.9. The second kappa shape index (κ2) is 7.96. The zero-order chi connectivity index (χ0) is 19.3. The van der Waals surface area contributed by atoms with Crippen LogP contribution >= 0.6 is 0 Å². The summed E-state index contributed by atoms with van der Waals surface area (Å²) in [6.07, 6.45) is 11.8. The van der Waals surface area contributed by atoms with Gasteiger partial charge in [0, 0.05) is 34.8 Å². The lowest BCUT2D eigenvalue weighted by atomic mass is 10.1. The van der Waals surface area contributed by atoms with E-state index in [1.807, 2.05) is 65.1 Å². The van der Waals surface area contributed by atoms with Crippen LogP contribution in [-0.4, -0.2) is 10.5 Å². The van der Waals surface area contributed by atoms with Gasteiger partial charge in [0.2, 0.25) is 5.91 Å². The quantitative estimate of drug-likeness (QED) is 0.526. The smallest absolute Gasteiger partial charge is 0.240 e. The summed E-state index contributed by atoms with van der Waals surface area (Å²) in [4.78, 5) is 12.4. The van der Waals surface area contributed by atoms with Gasteiger partial charge in [0.1, 0.15) is 19.4 Å². The number of hydrogen-bond donors (Lipinski definition) is 1. The van der Waals surface area contributed by atoms with Crippen LogP contribution in [0.5, 0.6) is 0 Å². The first kappa shape index (κ1) is 17.8. The highest BCUT2D eigenvalue weighted by Gasteiger charge is 2.10. The Morgan fingerprint density at radius 1 is 1.11 bits per heavy atom. The predicted octanol–water partition coefficient (Wildman–Crippen LogP) is 3.55. The number of hydrogen-bond acceptors (Lipinski definition) is 2. The van der Waals surface area contributed by atoms with Crippen molar-refractivity contribution in [2.75, 3.05) is 0 Å². The summed E-state index contributed by atoms with van der Waals surface area (Å²) in [5.41, 5.74) is 3.25. The van der Waals surface area contributed by atoms with Crippen molar-refractivity contribution in [3.05, 3.63) is 90.3 Å². The first-order valence-corrected chi connectivity index (χ1v) is 9.19. The summed E-state index contributed by atoms with van der Waals surface area (Å²) < 4.78 is 9.25. The number of carbonyl (C=O) groups is 1. The molecule has 5 nitrogen and oxygen atoms in total. The summed E-state index contributed by atoms with van der Waals surface area (Å²) in [5.74, 6) is 0.689. The molecule has 0 radical (unpaired) electrons. The lowest BCUT2D eigenvalue weighted by Crippen LogP contribution is -2.26. The molecule has 1 N–H and O–H groups in total. The fraction of sp³-hybridized carbons (Fsp3) is 0.130. The van der Waals surface area contributed by atoms with Gasteiger partial charge in [0.15, 0.2) is 12.4 Å². The van der Waals surface area contributed by atoms with Gasteiger partial charge in [0.05, 0.1) is 12.8 Å². The minimum absolute atomic E-state index is 0.0526. The first-order valence-electron chi connectivity index (χ1n) is 9.19. The van der Waals surface area contributed by atoms with Gasteiger partial charge in [-0.2, -0.15) is 0 Å². The van der Waals surface area contributed by atoms with Gasteiger partial charge < -0.3 is 14.3 Å². The highest BCUT2D eigenvalue weighted by Crippen LogP contribution is 2.23. The number of aromatic nitrogens is 2. The molecule has 0 fully saturated rings. The van der Waals surface area contributed by atoms with Gasteiger partial charge >= 0.3 is 0 Å². The van der Waals surface area contributed by atoms with Crippen LogP contribution in [0.15, 0.2) is 77.8 Å². The van der Waals surface area contributed by atoms with E-state index < -0.39 is 0 Å². The number of carbonyl (C=O) groups excluding carboxylic acids is 1. The molecule has 0 aliphatic heterocycles. The van der Waals surface area contributed by atoms with E-state index in [1.54, 1.807) is 6.26 Å². The molecule has 5 heteroatoms. The average Bonchev–Trinajstić information content (AvgIpc) is 3.35. The van der Waals surface area contributed by atoms with E-state index in [2.05, 4.69) is 35.7 Å². The molecular formula is C23H22N3O2+. The van der Waals surface area contributed by atoms with Crippen molar-refractivity contribution < 1.29 is 13.8 Å². The van der Waals surface area contributed by atoms with Crippen molar-refractivity contribution in [3.63, 3.8) is 0 Å². The third-order valence-corrected chi connectivity index (χ3v) is 4.63. The Bertz CT molecular complexity index is 1110. The molecule has 140 valence electrons. The molecular weight excluding hydrogens is 350 g/mol. The average molecular weight is 372 g/mol. The standard InChI is InChI=1S/C23H21N3O2/c1-25-12-10-18(11-13-25)8-9-19-16-26(22-7-3-2-6-21(19)22)17-23(27)24-15-20-5-4-14-28-20/h2-14,16H,15,17H2,1H3/p+1. The van der Waals surface area contributed by atoms with Gasteiger partial charge in [-0.15, -0.1) is 0 Å². The van der Waals surface area contributed by atoms with Crippen LogP contribution in [0.4, 0.5) is 0 Å². The molecule has 28 heavy (non-hydrogen) atoms. The number of nitrogens with zero attached hydrogens (tertiary/aromatic N) is 2. The fourth-order valence-corrected chi connectivity index (χ4v) is 3.16. The molecule has 0 atom stereocenters. The summed E-state index contributed by atoms with van der Waals surface area (Å²) in [6.45, 7) is 0.652. The SMILES string of the molecule is C[n+]1ccc(/C=C/c2cn(CC(=O)NCc3ccco3)c3ccccc23)cc1. The Morgan fingerprint density at radius 3 is 2.71 bits per heavy atom. The molecule has 0 unspecified atom stereocenters. The second-order valence-electron chi connectivity index (χ2n) is 6.72. The van der Waals surface area contributed by atoms with Crippen LogP contribution in [0.1, 0.15) is 16.9 Å². The van der Waals surface area contributed by atoms with Gasteiger partial charge in [-0.05, 0) is 23.8 Å². The summed E-state index contributed by atoms with van der Waals surface area (Å²) in [7, 11) is 2.00. The Kier molecular flexibility index (Phi) is 5.06. The number of amides is 1. The Morgan fingerprint density at radius 2 is 1.93 bits per heavy atom. The molecule has 4 rings (SSSR count). The molecule has 0 saturated carbocycles. The number of rotatable bonds is 6. The van der Waals surface area contributed by atoms with Gasteiger partial charge in [0.25, 0.3) is 0 Å². The molecule has 0 aliphatic rings. The third-order valence-electron chi connectivity index (χ3n) is 4.63. The van der Waals surface area contributed by atoms with Crippen molar-refractivity contribution in [2.45, 2.75) is 13.1 Å². The summed E-state index contributed by atoms with van der Waals surface area (Å²) >= 11 is 0. The molecule has 4 aromatic rings. The van der Waals surface area contributed by atoms with E-state index in [4.69, 9.17) is 4.42 Å². The largest absolute Gasteiger partial charge is 0.467 e. The summed E-state index contributed by atoms with van der Waals surface area (Å²) in [5, 5.41) is 4.02. The molecule has 0 spiro atoms. The van der Waals surface area contributed by atoms with Gasteiger partial charge in [-0.1, -0.05) is 30.4 Å². The number of nitrogens with one attached hydrogen (secondary N) is 1. The topological polar surface area (TPSA) is 51.0 Å².